The Bertz CT molecular complexity index is 157. The predicted molar refractivity (Wildman–Crippen MR) is 55.3 cm³/mol. The summed E-state index contributed by atoms with van der Waals surface area (Å²) >= 11 is 0. The second-order valence-corrected chi connectivity index (χ2v) is 3.26. The third-order valence-corrected chi connectivity index (χ3v) is 2.15. The van der Waals surface area contributed by atoms with Gasteiger partial charge in [-0.15, -0.1) is 0 Å². The lowest BCUT2D eigenvalue weighted by Gasteiger charge is -2.07. The number of ether oxygens (including phenoxy) is 1. The SMILES string of the molecule is CCOCCNC1=NCCCCC1. The summed E-state index contributed by atoms with van der Waals surface area (Å²) in [6.07, 6.45) is 4.96. The van der Waals surface area contributed by atoms with Crippen LogP contribution in [0.15, 0.2) is 4.99 Å². The van der Waals surface area contributed by atoms with Crippen LogP contribution in [0.4, 0.5) is 0 Å². The lowest BCUT2D eigenvalue weighted by Crippen LogP contribution is -2.27. The monoisotopic (exact) mass is 184 g/mol. The Morgan fingerprint density at radius 3 is 3.15 bits per heavy atom. The summed E-state index contributed by atoms with van der Waals surface area (Å²) < 4.78 is 5.24. The molecule has 0 saturated carbocycles. The fourth-order valence-corrected chi connectivity index (χ4v) is 1.43. The van der Waals surface area contributed by atoms with Crippen LogP contribution in [0.1, 0.15) is 32.6 Å². The van der Waals surface area contributed by atoms with Crippen LogP contribution >= 0.6 is 0 Å². The van der Waals surface area contributed by atoms with E-state index in [0.29, 0.717) is 0 Å². The summed E-state index contributed by atoms with van der Waals surface area (Å²) in [6, 6.07) is 0. The summed E-state index contributed by atoms with van der Waals surface area (Å²) in [5, 5.41) is 3.32. The normalized spacial score (nSPS) is 17.8. The van der Waals surface area contributed by atoms with Gasteiger partial charge >= 0.3 is 0 Å². The summed E-state index contributed by atoms with van der Waals surface area (Å²) in [7, 11) is 0. The minimum atomic E-state index is 0.787. The number of hydrogen-bond acceptors (Lipinski definition) is 3. The largest absolute Gasteiger partial charge is 0.380 e. The minimum Gasteiger partial charge on any atom is -0.380 e. The van der Waals surface area contributed by atoms with Gasteiger partial charge in [0.1, 0.15) is 0 Å². The molecule has 0 fully saturated rings. The van der Waals surface area contributed by atoms with E-state index in [-0.39, 0.29) is 0 Å². The molecule has 1 heterocycles. The van der Waals surface area contributed by atoms with Gasteiger partial charge in [-0.2, -0.15) is 0 Å². The van der Waals surface area contributed by atoms with E-state index in [2.05, 4.69) is 10.3 Å². The van der Waals surface area contributed by atoms with Crippen molar-refractivity contribution in [2.75, 3.05) is 26.3 Å². The van der Waals surface area contributed by atoms with E-state index in [9.17, 15) is 0 Å². The molecule has 13 heavy (non-hydrogen) atoms. The molecule has 0 bridgehead atoms. The van der Waals surface area contributed by atoms with Crippen molar-refractivity contribution in [2.24, 2.45) is 4.99 Å². The first-order valence-electron chi connectivity index (χ1n) is 5.28. The summed E-state index contributed by atoms with van der Waals surface area (Å²) in [5.41, 5.74) is 0. The summed E-state index contributed by atoms with van der Waals surface area (Å²) in [4.78, 5) is 4.47. The van der Waals surface area contributed by atoms with Crippen LogP contribution in [-0.2, 0) is 4.74 Å². The molecule has 0 aliphatic carbocycles. The summed E-state index contributed by atoms with van der Waals surface area (Å²) in [5.74, 6) is 1.18. The third kappa shape index (κ3) is 4.88. The molecule has 0 aromatic carbocycles. The average Bonchev–Trinajstić information content (AvgIpc) is 2.41. The molecule has 1 aliphatic heterocycles. The molecule has 76 valence electrons. The molecule has 0 unspecified atom stereocenters. The number of nitrogens with one attached hydrogen (secondary N) is 1. The molecule has 0 aromatic rings. The van der Waals surface area contributed by atoms with E-state index in [1.54, 1.807) is 0 Å². The van der Waals surface area contributed by atoms with Crippen LogP contribution in [0.2, 0.25) is 0 Å². The lowest BCUT2D eigenvalue weighted by atomic mass is 10.2. The van der Waals surface area contributed by atoms with Gasteiger partial charge in [-0.05, 0) is 19.8 Å². The van der Waals surface area contributed by atoms with E-state index in [1.165, 1.54) is 25.1 Å². The zero-order valence-corrected chi connectivity index (χ0v) is 8.51. The van der Waals surface area contributed by atoms with Crippen LogP contribution in [0.5, 0.6) is 0 Å². The Morgan fingerprint density at radius 2 is 2.31 bits per heavy atom. The van der Waals surface area contributed by atoms with Gasteiger partial charge in [0.05, 0.1) is 12.4 Å². The van der Waals surface area contributed by atoms with Gasteiger partial charge in [-0.25, -0.2) is 0 Å². The van der Waals surface area contributed by atoms with E-state index >= 15 is 0 Å². The molecule has 0 amide bonds. The topological polar surface area (TPSA) is 33.6 Å². The highest BCUT2D eigenvalue weighted by molar-refractivity contribution is 5.82. The van der Waals surface area contributed by atoms with Crippen molar-refractivity contribution in [3.63, 3.8) is 0 Å². The molecule has 0 aromatic heterocycles. The lowest BCUT2D eigenvalue weighted by molar-refractivity contribution is 0.152. The fraction of sp³-hybridized carbons (Fsp3) is 0.900. The zero-order chi connectivity index (χ0) is 9.36. The van der Waals surface area contributed by atoms with Crippen molar-refractivity contribution in [2.45, 2.75) is 32.6 Å². The number of amidine groups is 1. The first-order valence-corrected chi connectivity index (χ1v) is 5.28. The molecule has 0 saturated heterocycles. The maximum atomic E-state index is 5.24. The van der Waals surface area contributed by atoms with E-state index in [1.807, 2.05) is 6.92 Å². The van der Waals surface area contributed by atoms with Crippen molar-refractivity contribution in [3.8, 4) is 0 Å². The predicted octanol–water partition coefficient (Wildman–Crippen LogP) is 1.58. The van der Waals surface area contributed by atoms with Crippen molar-refractivity contribution in [3.05, 3.63) is 0 Å². The van der Waals surface area contributed by atoms with E-state index in [4.69, 9.17) is 4.74 Å². The Kier molecular flexibility index (Phi) is 5.57. The standard InChI is InChI=1S/C10H20N2O/c1-2-13-9-8-12-10-6-4-3-5-7-11-10/h2-9H2,1H3,(H,11,12). The molecule has 1 rings (SSSR count). The zero-order valence-electron chi connectivity index (χ0n) is 8.51. The van der Waals surface area contributed by atoms with Gasteiger partial charge in [0.25, 0.3) is 0 Å². The van der Waals surface area contributed by atoms with Crippen molar-refractivity contribution in [1.29, 1.82) is 0 Å². The summed E-state index contributed by atoms with van der Waals surface area (Å²) in [6.45, 7) is 5.50. The Balaban J connectivity index is 2.08. The molecule has 0 spiro atoms. The van der Waals surface area contributed by atoms with Crippen LogP contribution < -0.4 is 5.32 Å². The molecule has 0 radical (unpaired) electrons. The molecule has 0 atom stereocenters. The number of hydrogen-bond donors (Lipinski definition) is 1. The van der Waals surface area contributed by atoms with Crippen LogP contribution in [0.25, 0.3) is 0 Å². The molecular formula is C10H20N2O. The van der Waals surface area contributed by atoms with Crippen molar-refractivity contribution < 1.29 is 4.74 Å². The first-order chi connectivity index (χ1) is 6.43. The number of rotatable bonds is 4. The van der Waals surface area contributed by atoms with Gasteiger partial charge in [-0.1, -0.05) is 6.42 Å². The number of nitrogens with zero attached hydrogens (tertiary/aromatic N) is 1. The van der Waals surface area contributed by atoms with Crippen LogP contribution in [0.3, 0.4) is 0 Å². The minimum absolute atomic E-state index is 0.787. The molecule has 3 heteroatoms. The van der Waals surface area contributed by atoms with Gasteiger partial charge in [0.2, 0.25) is 0 Å². The highest BCUT2D eigenvalue weighted by Gasteiger charge is 2.02. The van der Waals surface area contributed by atoms with Crippen molar-refractivity contribution in [1.82, 2.24) is 5.32 Å². The quantitative estimate of drug-likeness (QED) is 0.673. The second-order valence-electron chi connectivity index (χ2n) is 3.26. The number of aliphatic imine (C=N–C) groups is 1. The highest BCUT2D eigenvalue weighted by atomic mass is 16.5. The average molecular weight is 184 g/mol. The Morgan fingerprint density at radius 1 is 1.38 bits per heavy atom. The fourth-order valence-electron chi connectivity index (χ4n) is 1.43. The Labute approximate surface area is 80.6 Å². The van der Waals surface area contributed by atoms with Crippen molar-refractivity contribution >= 4 is 5.84 Å². The second kappa shape index (κ2) is 6.89. The molecular weight excluding hydrogens is 164 g/mol. The molecule has 1 aliphatic rings. The van der Waals surface area contributed by atoms with Gasteiger partial charge in [0, 0.05) is 26.1 Å². The third-order valence-electron chi connectivity index (χ3n) is 2.15. The van der Waals surface area contributed by atoms with Crippen LogP contribution in [0, 0.1) is 0 Å². The van der Waals surface area contributed by atoms with E-state index < -0.39 is 0 Å². The van der Waals surface area contributed by atoms with E-state index in [0.717, 1.165) is 32.7 Å². The Hall–Kier alpha value is -0.570. The van der Waals surface area contributed by atoms with Crippen LogP contribution in [-0.4, -0.2) is 32.1 Å². The molecule has 3 nitrogen and oxygen atoms in total. The molecule has 1 N–H and O–H groups in total. The highest BCUT2D eigenvalue weighted by Crippen LogP contribution is 2.05. The smallest absolute Gasteiger partial charge is 0.0963 e. The van der Waals surface area contributed by atoms with Gasteiger partial charge < -0.3 is 10.1 Å². The van der Waals surface area contributed by atoms with Gasteiger partial charge in [0.15, 0.2) is 0 Å². The van der Waals surface area contributed by atoms with Gasteiger partial charge in [-0.3, -0.25) is 4.99 Å². The maximum Gasteiger partial charge on any atom is 0.0963 e. The maximum absolute atomic E-state index is 5.24. The first kappa shape index (κ1) is 10.5.